The summed E-state index contributed by atoms with van der Waals surface area (Å²) in [4.78, 5) is 4.47. The Morgan fingerprint density at radius 3 is 2.30 bits per heavy atom. The van der Waals surface area contributed by atoms with E-state index < -0.39 is 11.9 Å². The van der Waals surface area contributed by atoms with Gasteiger partial charge in [-0.05, 0) is 18.2 Å². The molecule has 0 unspecified atom stereocenters. The molecule has 0 amide bonds. The Kier molecular flexibility index (Phi) is 4.49. The Morgan fingerprint density at radius 2 is 1.63 bits per heavy atom. The van der Waals surface area contributed by atoms with Crippen LogP contribution in [0.25, 0.3) is 27.6 Å². The Hall–Kier alpha value is -2.64. The molecule has 0 saturated carbocycles. The first kappa shape index (κ1) is 17.8. The van der Waals surface area contributed by atoms with Gasteiger partial charge < -0.3 is 0 Å². The zero-order valence-electron chi connectivity index (χ0n) is 13.6. The standard InChI is InChI=1S/C19H11ClF3N3S/c20-14-8-6-12(7-9-14)15-11-27-18(24-15)26-16(13-4-2-1-3-5-13)10-17(25-26)19(21,22)23/h1-11H. The molecular weight excluding hydrogens is 395 g/mol. The summed E-state index contributed by atoms with van der Waals surface area (Å²) in [5.41, 5.74) is 1.48. The second-order valence-electron chi connectivity index (χ2n) is 5.71. The molecule has 0 spiro atoms. The van der Waals surface area contributed by atoms with Crippen molar-refractivity contribution in [3.63, 3.8) is 0 Å². The lowest BCUT2D eigenvalue weighted by Crippen LogP contribution is -2.07. The number of benzene rings is 2. The van der Waals surface area contributed by atoms with E-state index in [1.165, 1.54) is 16.0 Å². The molecule has 4 aromatic rings. The number of hydrogen-bond donors (Lipinski definition) is 0. The van der Waals surface area contributed by atoms with Crippen molar-refractivity contribution in [2.75, 3.05) is 0 Å². The summed E-state index contributed by atoms with van der Waals surface area (Å²) in [7, 11) is 0. The predicted octanol–water partition coefficient (Wildman–Crippen LogP) is 6.34. The van der Waals surface area contributed by atoms with Crippen molar-refractivity contribution in [2.45, 2.75) is 6.18 Å². The van der Waals surface area contributed by atoms with E-state index >= 15 is 0 Å². The first-order chi connectivity index (χ1) is 12.9. The largest absolute Gasteiger partial charge is 0.435 e. The third kappa shape index (κ3) is 3.61. The molecule has 0 aliphatic heterocycles. The van der Waals surface area contributed by atoms with Gasteiger partial charge in [-0.25, -0.2) is 9.67 Å². The van der Waals surface area contributed by atoms with Crippen LogP contribution < -0.4 is 0 Å². The molecule has 0 fully saturated rings. The van der Waals surface area contributed by atoms with Crippen molar-refractivity contribution in [1.82, 2.24) is 14.8 Å². The predicted molar refractivity (Wildman–Crippen MR) is 100 cm³/mol. The molecule has 2 aromatic heterocycles. The van der Waals surface area contributed by atoms with Crippen LogP contribution in [0.1, 0.15) is 5.69 Å². The van der Waals surface area contributed by atoms with Crippen LogP contribution in [0.5, 0.6) is 0 Å². The molecule has 0 radical (unpaired) electrons. The highest BCUT2D eigenvalue weighted by atomic mass is 35.5. The van der Waals surface area contributed by atoms with Crippen molar-refractivity contribution < 1.29 is 13.2 Å². The Labute approximate surface area is 161 Å². The molecule has 0 aliphatic carbocycles. The number of halogens is 4. The number of hydrogen-bond acceptors (Lipinski definition) is 3. The third-order valence-electron chi connectivity index (χ3n) is 3.88. The van der Waals surface area contributed by atoms with E-state index in [0.29, 0.717) is 27.1 Å². The van der Waals surface area contributed by atoms with Crippen LogP contribution in [0, 0.1) is 0 Å². The minimum Gasteiger partial charge on any atom is -0.218 e. The van der Waals surface area contributed by atoms with Crippen molar-refractivity contribution >= 4 is 22.9 Å². The van der Waals surface area contributed by atoms with Crippen molar-refractivity contribution in [1.29, 1.82) is 0 Å². The normalized spacial score (nSPS) is 11.7. The molecule has 2 aromatic carbocycles. The minimum absolute atomic E-state index is 0.333. The van der Waals surface area contributed by atoms with Gasteiger partial charge in [0, 0.05) is 21.5 Å². The van der Waals surface area contributed by atoms with Crippen LogP contribution in [0.15, 0.2) is 66.0 Å². The lowest BCUT2D eigenvalue weighted by molar-refractivity contribution is -0.141. The number of alkyl halides is 3. The van der Waals surface area contributed by atoms with Gasteiger partial charge in [0.1, 0.15) is 0 Å². The summed E-state index contributed by atoms with van der Waals surface area (Å²) in [6, 6.07) is 16.9. The van der Waals surface area contributed by atoms with Gasteiger partial charge >= 0.3 is 6.18 Å². The smallest absolute Gasteiger partial charge is 0.218 e. The fourth-order valence-corrected chi connectivity index (χ4v) is 3.52. The average Bonchev–Trinajstić information content (AvgIpc) is 3.30. The molecule has 2 heterocycles. The highest BCUT2D eigenvalue weighted by Gasteiger charge is 2.35. The van der Waals surface area contributed by atoms with Gasteiger partial charge in [-0.15, -0.1) is 11.3 Å². The average molecular weight is 406 g/mol. The molecule has 0 atom stereocenters. The molecule has 0 saturated heterocycles. The molecule has 136 valence electrons. The molecule has 0 bridgehead atoms. The van der Waals surface area contributed by atoms with Crippen LogP contribution in [0.4, 0.5) is 13.2 Å². The second-order valence-corrected chi connectivity index (χ2v) is 6.99. The molecular formula is C19H11ClF3N3S. The summed E-state index contributed by atoms with van der Waals surface area (Å²) in [6.07, 6.45) is -4.54. The minimum atomic E-state index is -4.54. The van der Waals surface area contributed by atoms with E-state index in [1.807, 2.05) is 12.1 Å². The first-order valence-corrected chi connectivity index (χ1v) is 9.12. The number of rotatable bonds is 3. The fraction of sp³-hybridized carbons (Fsp3) is 0.0526. The van der Waals surface area contributed by atoms with Crippen LogP contribution in [-0.2, 0) is 6.18 Å². The van der Waals surface area contributed by atoms with E-state index in [9.17, 15) is 13.2 Å². The molecule has 4 rings (SSSR count). The van der Waals surface area contributed by atoms with E-state index in [2.05, 4.69) is 10.1 Å². The maximum atomic E-state index is 13.2. The van der Waals surface area contributed by atoms with Gasteiger partial charge in [0.2, 0.25) is 5.13 Å². The van der Waals surface area contributed by atoms with Crippen LogP contribution >= 0.6 is 22.9 Å². The van der Waals surface area contributed by atoms with Crippen molar-refractivity contribution in [3.8, 4) is 27.6 Å². The van der Waals surface area contributed by atoms with E-state index in [-0.39, 0.29) is 0 Å². The topological polar surface area (TPSA) is 30.7 Å². The summed E-state index contributed by atoms with van der Waals surface area (Å²) >= 11 is 7.12. The molecule has 8 heteroatoms. The Morgan fingerprint density at radius 1 is 0.926 bits per heavy atom. The van der Waals surface area contributed by atoms with Gasteiger partial charge in [0.15, 0.2) is 5.69 Å². The van der Waals surface area contributed by atoms with Gasteiger partial charge in [0.05, 0.1) is 11.4 Å². The third-order valence-corrected chi connectivity index (χ3v) is 4.95. The van der Waals surface area contributed by atoms with Crippen LogP contribution in [0.2, 0.25) is 5.02 Å². The highest BCUT2D eigenvalue weighted by molar-refractivity contribution is 7.12. The Bertz CT molecular complexity index is 1070. The SMILES string of the molecule is FC(F)(F)c1cc(-c2ccccc2)n(-c2nc(-c3ccc(Cl)cc3)cs2)n1. The molecule has 0 N–H and O–H groups in total. The van der Waals surface area contributed by atoms with E-state index in [0.717, 1.165) is 11.6 Å². The van der Waals surface area contributed by atoms with E-state index in [4.69, 9.17) is 11.6 Å². The zero-order valence-corrected chi connectivity index (χ0v) is 15.2. The molecule has 27 heavy (non-hydrogen) atoms. The van der Waals surface area contributed by atoms with Gasteiger partial charge in [0.25, 0.3) is 0 Å². The van der Waals surface area contributed by atoms with Crippen LogP contribution in [-0.4, -0.2) is 14.8 Å². The van der Waals surface area contributed by atoms with Crippen molar-refractivity contribution in [2.24, 2.45) is 0 Å². The zero-order chi connectivity index (χ0) is 19.0. The molecule has 3 nitrogen and oxygen atoms in total. The summed E-state index contributed by atoms with van der Waals surface area (Å²) < 4.78 is 40.9. The Balaban J connectivity index is 1.81. The van der Waals surface area contributed by atoms with Gasteiger partial charge in [-0.3, -0.25) is 0 Å². The lowest BCUT2D eigenvalue weighted by Gasteiger charge is -2.04. The molecule has 0 aliphatic rings. The summed E-state index contributed by atoms with van der Waals surface area (Å²) in [5.74, 6) is 0. The first-order valence-electron chi connectivity index (χ1n) is 7.86. The maximum Gasteiger partial charge on any atom is 0.435 e. The van der Waals surface area contributed by atoms with E-state index in [1.54, 1.807) is 47.8 Å². The van der Waals surface area contributed by atoms with Crippen molar-refractivity contribution in [3.05, 3.63) is 76.8 Å². The number of thiazole rings is 1. The monoisotopic (exact) mass is 405 g/mol. The lowest BCUT2D eigenvalue weighted by atomic mass is 10.1. The summed E-state index contributed by atoms with van der Waals surface area (Å²) in [5, 5.41) is 6.50. The van der Waals surface area contributed by atoms with Crippen LogP contribution in [0.3, 0.4) is 0 Å². The quantitative estimate of drug-likeness (QED) is 0.398. The fourth-order valence-electron chi connectivity index (χ4n) is 2.59. The summed E-state index contributed by atoms with van der Waals surface area (Å²) in [6.45, 7) is 0. The number of aromatic nitrogens is 3. The highest BCUT2D eigenvalue weighted by Crippen LogP contribution is 2.34. The van der Waals surface area contributed by atoms with Gasteiger partial charge in [-0.1, -0.05) is 54.1 Å². The van der Waals surface area contributed by atoms with Gasteiger partial charge in [-0.2, -0.15) is 18.3 Å². The maximum absolute atomic E-state index is 13.2. The second kappa shape index (κ2) is 6.83. The number of nitrogens with zero attached hydrogens (tertiary/aromatic N) is 3.